The van der Waals surface area contributed by atoms with Gasteiger partial charge in [-0.25, -0.2) is 12.8 Å². The summed E-state index contributed by atoms with van der Waals surface area (Å²) in [5.74, 6) is 0.728. The molecule has 8 nitrogen and oxygen atoms in total. The molecule has 10 heteroatoms. The lowest BCUT2D eigenvalue weighted by atomic mass is 10.0. The van der Waals surface area contributed by atoms with E-state index in [0.29, 0.717) is 32.8 Å². The number of hydrogen-bond donors (Lipinski definition) is 0. The molecule has 2 saturated heterocycles. The van der Waals surface area contributed by atoms with E-state index < -0.39 is 15.8 Å². The van der Waals surface area contributed by atoms with E-state index in [1.54, 1.807) is 0 Å². The van der Waals surface area contributed by atoms with Gasteiger partial charge in [0.1, 0.15) is 23.9 Å². The minimum Gasteiger partial charge on any atom is -0.486 e. The van der Waals surface area contributed by atoms with Crippen LogP contribution < -0.4 is 9.47 Å². The average molecular weight is 490 g/mol. The quantitative estimate of drug-likeness (QED) is 0.641. The fourth-order valence-electron chi connectivity index (χ4n) is 4.88. The Morgan fingerprint density at radius 3 is 2.47 bits per heavy atom. The zero-order chi connectivity index (χ0) is 23.7. The molecule has 2 fully saturated rings. The summed E-state index contributed by atoms with van der Waals surface area (Å²) in [6, 6.07) is 11.3. The Kier molecular flexibility index (Phi) is 6.46. The summed E-state index contributed by atoms with van der Waals surface area (Å²) in [6.45, 7) is 3.25. The number of ether oxygens (including phenoxy) is 2. The van der Waals surface area contributed by atoms with Crippen LogP contribution in [0.15, 0.2) is 47.4 Å². The van der Waals surface area contributed by atoms with Gasteiger partial charge < -0.3 is 14.4 Å². The van der Waals surface area contributed by atoms with Crippen LogP contribution in [-0.4, -0.2) is 80.9 Å². The van der Waals surface area contributed by atoms with Gasteiger partial charge in [0.15, 0.2) is 11.5 Å². The summed E-state index contributed by atoms with van der Waals surface area (Å²) in [4.78, 5) is 16.7. The van der Waals surface area contributed by atoms with Crippen LogP contribution in [0.2, 0.25) is 0 Å². The number of halogens is 1. The monoisotopic (exact) mass is 489 g/mol. The molecule has 3 heterocycles. The zero-order valence-corrected chi connectivity index (χ0v) is 19.7. The number of piperazine rings is 1. The van der Waals surface area contributed by atoms with Gasteiger partial charge in [-0.1, -0.05) is 18.2 Å². The molecular weight excluding hydrogens is 461 g/mol. The van der Waals surface area contributed by atoms with Gasteiger partial charge in [-0.15, -0.1) is 0 Å². The van der Waals surface area contributed by atoms with E-state index in [9.17, 15) is 17.6 Å². The van der Waals surface area contributed by atoms with Crippen LogP contribution in [0.3, 0.4) is 0 Å². The van der Waals surface area contributed by atoms with Crippen LogP contribution in [0.1, 0.15) is 24.4 Å². The Labute approximate surface area is 198 Å². The number of hydrogen-bond acceptors (Lipinski definition) is 6. The maximum absolute atomic E-state index is 14.1. The van der Waals surface area contributed by atoms with Crippen LogP contribution in [0.25, 0.3) is 0 Å². The van der Waals surface area contributed by atoms with Crippen molar-refractivity contribution >= 4 is 15.9 Å². The van der Waals surface area contributed by atoms with E-state index in [4.69, 9.17) is 9.47 Å². The molecule has 3 aliphatic rings. The molecule has 2 aromatic rings. The van der Waals surface area contributed by atoms with Gasteiger partial charge in [0.25, 0.3) is 0 Å². The average Bonchev–Trinajstić information content (AvgIpc) is 3.34. The number of fused-ring (bicyclic) bond motifs is 1. The van der Waals surface area contributed by atoms with Crippen molar-refractivity contribution < 1.29 is 27.1 Å². The first-order chi connectivity index (χ1) is 16.4. The smallest absolute Gasteiger partial charge is 0.246 e. The van der Waals surface area contributed by atoms with Crippen LogP contribution >= 0.6 is 0 Å². The molecule has 34 heavy (non-hydrogen) atoms. The number of benzene rings is 2. The van der Waals surface area contributed by atoms with Gasteiger partial charge in [-0.05, 0) is 42.7 Å². The predicted octanol–water partition coefficient (Wildman–Crippen LogP) is 2.27. The predicted molar refractivity (Wildman–Crippen MR) is 123 cm³/mol. The van der Waals surface area contributed by atoms with Crippen molar-refractivity contribution in [2.75, 3.05) is 52.5 Å². The molecule has 3 aliphatic heterocycles. The molecule has 0 spiro atoms. The van der Waals surface area contributed by atoms with Gasteiger partial charge in [0, 0.05) is 32.7 Å². The summed E-state index contributed by atoms with van der Waals surface area (Å²) in [5, 5.41) is 0. The van der Waals surface area contributed by atoms with Gasteiger partial charge in [-0.3, -0.25) is 9.69 Å². The van der Waals surface area contributed by atoms with Crippen molar-refractivity contribution in [1.82, 2.24) is 14.1 Å². The Hall–Kier alpha value is -2.69. The summed E-state index contributed by atoms with van der Waals surface area (Å²) in [5.41, 5.74) is 1.04. The highest BCUT2D eigenvalue weighted by Crippen LogP contribution is 2.38. The first kappa shape index (κ1) is 23.1. The lowest BCUT2D eigenvalue weighted by Gasteiger charge is -2.35. The molecule has 0 N–H and O–H groups in total. The zero-order valence-electron chi connectivity index (χ0n) is 18.9. The van der Waals surface area contributed by atoms with Crippen molar-refractivity contribution in [1.29, 1.82) is 0 Å². The van der Waals surface area contributed by atoms with Crippen molar-refractivity contribution in [3.05, 3.63) is 53.8 Å². The standard InChI is InChI=1S/C24H28FN3O5S/c25-19-4-1-2-6-23(19)34(30,31)27-12-10-26(11-13-27)17-24(29)28-9-3-5-20(28)18-7-8-21-22(16-18)33-15-14-32-21/h1-2,4,6-8,16,20H,3,5,9-15,17H2/t20-/m1/s1. The van der Waals surface area contributed by atoms with E-state index in [-0.39, 0.29) is 36.5 Å². The van der Waals surface area contributed by atoms with Crippen molar-refractivity contribution in [3.8, 4) is 11.5 Å². The minimum absolute atomic E-state index is 0.00829. The molecule has 0 radical (unpaired) electrons. The summed E-state index contributed by atoms with van der Waals surface area (Å²) < 4.78 is 52.3. The molecule has 1 amide bonds. The van der Waals surface area contributed by atoms with E-state index in [2.05, 4.69) is 0 Å². The maximum Gasteiger partial charge on any atom is 0.246 e. The molecule has 182 valence electrons. The van der Waals surface area contributed by atoms with E-state index in [1.165, 1.54) is 22.5 Å². The third-order valence-corrected chi connectivity index (χ3v) is 8.60. The molecule has 0 bridgehead atoms. The SMILES string of the molecule is O=C(CN1CCN(S(=O)(=O)c2ccccc2F)CC1)N1CCC[C@@H]1c1ccc2c(c1)OCCO2. The number of carbonyl (C=O) groups excluding carboxylic acids is 1. The largest absolute Gasteiger partial charge is 0.486 e. The van der Waals surface area contributed by atoms with Crippen LogP contribution in [0, 0.1) is 5.82 Å². The van der Waals surface area contributed by atoms with Crippen molar-refractivity contribution in [2.45, 2.75) is 23.8 Å². The second-order valence-electron chi connectivity index (χ2n) is 8.76. The molecule has 2 aromatic carbocycles. The second kappa shape index (κ2) is 9.52. The molecule has 5 rings (SSSR count). The lowest BCUT2D eigenvalue weighted by molar-refractivity contribution is -0.133. The van der Waals surface area contributed by atoms with E-state index >= 15 is 0 Å². The first-order valence-electron chi connectivity index (χ1n) is 11.6. The number of sulfonamides is 1. The molecular formula is C24H28FN3O5S. The first-order valence-corrected chi connectivity index (χ1v) is 13.0. The third kappa shape index (κ3) is 4.49. The number of likely N-dealkylation sites (tertiary alicyclic amines) is 1. The number of carbonyl (C=O) groups is 1. The van der Waals surface area contributed by atoms with Crippen molar-refractivity contribution in [3.63, 3.8) is 0 Å². The van der Waals surface area contributed by atoms with Crippen LogP contribution in [-0.2, 0) is 14.8 Å². The summed E-state index contributed by atoms with van der Waals surface area (Å²) in [6.07, 6.45) is 1.82. The second-order valence-corrected chi connectivity index (χ2v) is 10.7. The third-order valence-electron chi connectivity index (χ3n) is 6.67. The topological polar surface area (TPSA) is 79.4 Å². The molecule has 0 aromatic heterocycles. The minimum atomic E-state index is -3.90. The Bertz CT molecular complexity index is 1170. The molecule has 0 aliphatic carbocycles. The normalized spacial score (nSPS) is 21.6. The fourth-order valence-corrected chi connectivity index (χ4v) is 6.37. The van der Waals surface area contributed by atoms with Gasteiger partial charge >= 0.3 is 0 Å². The van der Waals surface area contributed by atoms with E-state index in [0.717, 1.165) is 36.0 Å². The fraction of sp³-hybridized carbons (Fsp3) is 0.458. The highest BCUT2D eigenvalue weighted by Gasteiger charge is 2.34. The van der Waals surface area contributed by atoms with Gasteiger partial charge in [0.05, 0.1) is 12.6 Å². The maximum atomic E-state index is 14.1. The summed E-state index contributed by atoms with van der Waals surface area (Å²) in [7, 11) is -3.90. The van der Waals surface area contributed by atoms with Crippen molar-refractivity contribution in [2.24, 2.45) is 0 Å². The van der Waals surface area contributed by atoms with Crippen LogP contribution in [0.5, 0.6) is 11.5 Å². The molecule has 0 unspecified atom stereocenters. The Balaban J connectivity index is 1.20. The van der Waals surface area contributed by atoms with Gasteiger partial charge in [0.2, 0.25) is 15.9 Å². The Morgan fingerprint density at radius 2 is 1.71 bits per heavy atom. The number of amides is 1. The molecule has 0 saturated carbocycles. The Morgan fingerprint density at radius 1 is 0.971 bits per heavy atom. The van der Waals surface area contributed by atoms with Crippen LogP contribution in [0.4, 0.5) is 4.39 Å². The highest BCUT2D eigenvalue weighted by molar-refractivity contribution is 7.89. The molecule has 1 atom stereocenters. The summed E-state index contributed by atoms with van der Waals surface area (Å²) >= 11 is 0. The highest BCUT2D eigenvalue weighted by atomic mass is 32.2. The number of nitrogens with zero attached hydrogens (tertiary/aromatic N) is 3. The van der Waals surface area contributed by atoms with E-state index in [1.807, 2.05) is 28.0 Å². The number of rotatable bonds is 5. The van der Waals surface area contributed by atoms with Gasteiger partial charge in [-0.2, -0.15) is 4.31 Å². The lowest BCUT2D eigenvalue weighted by Crippen LogP contribution is -2.51.